The van der Waals surface area contributed by atoms with Gasteiger partial charge in [-0.3, -0.25) is 4.99 Å². The Kier molecular flexibility index (Phi) is 9.90. The third-order valence-corrected chi connectivity index (χ3v) is 4.97. The summed E-state index contributed by atoms with van der Waals surface area (Å²) in [6.07, 6.45) is 10.6. The Hall–Kier alpha value is -1.35. The maximum absolute atomic E-state index is 5.45. The minimum atomic E-state index is 0. The zero-order chi connectivity index (χ0) is 18.0. The first-order chi connectivity index (χ1) is 12.9. The van der Waals surface area contributed by atoms with Crippen LogP contribution >= 0.6 is 24.0 Å². The van der Waals surface area contributed by atoms with Gasteiger partial charge in [0, 0.05) is 45.0 Å². The van der Waals surface area contributed by atoms with Crippen LogP contribution in [0.2, 0.25) is 0 Å². The number of hydrogen-bond donors (Lipinski definition) is 2. The van der Waals surface area contributed by atoms with E-state index >= 15 is 0 Å². The molecule has 1 aromatic rings. The fourth-order valence-electron chi connectivity index (χ4n) is 3.50. The van der Waals surface area contributed by atoms with E-state index in [1.165, 1.54) is 31.2 Å². The molecule has 0 amide bonds. The van der Waals surface area contributed by atoms with Gasteiger partial charge in [-0.15, -0.1) is 24.0 Å². The topological polar surface area (TPSA) is 61.8 Å². The van der Waals surface area contributed by atoms with Crippen LogP contribution in [0.5, 0.6) is 0 Å². The molecule has 0 saturated carbocycles. The highest BCUT2D eigenvalue weighted by Crippen LogP contribution is 2.20. The van der Waals surface area contributed by atoms with Crippen LogP contribution in [0.3, 0.4) is 0 Å². The second-order valence-electron chi connectivity index (χ2n) is 6.80. The Morgan fingerprint density at radius 2 is 2.11 bits per heavy atom. The van der Waals surface area contributed by atoms with E-state index in [2.05, 4.69) is 37.7 Å². The van der Waals surface area contributed by atoms with E-state index in [-0.39, 0.29) is 24.0 Å². The number of pyridine rings is 1. The number of ether oxygens (including phenoxy) is 1. The quantitative estimate of drug-likeness (QED) is 0.281. The summed E-state index contributed by atoms with van der Waals surface area (Å²) in [6, 6.07) is 4.12. The number of nitrogens with one attached hydrogen (secondary N) is 2. The van der Waals surface area contributed by atoms with Crippen molar-refractivity contribution in [3.63, 3.8) is 0 Å². The number of guanidine groups is 1. The Morgan fingerprint density at radius 1 is 1.26 bits per heavy atom. The van der Waals surface area contributed by atoms with Crippen molar-refractivity contribution in [2.45, 2.75) is 38.6 Å². The molecule has 0 bridgehead atoms. The van der Waals surface area contributed by atoms with Crippen molar-refractivity contribution in [3.05, 3.63) is 35.5 Å². The maximum atomic E-state index is 5.45. The lowest BCUT2D eigenvalue weighted by atomic mass is 9.97. The van der Waals surface area contributed by atoms with Gasteiger partial charge in [-0.2, -0.15) is 0 Å². The van der Waals surface area contributed by atoms with Gasteiger partial charge in [-0.1, -0.05) is 17.7 Å². The molecule has 2 aliphatic rings. The molecule has 150 valence electrons. The number of morpholine rings is 1. The van der Waals surface area contributed by atoms with Gasteiger partial charge < -0.3 is 20.3 Å². The van der Waals surface area contributed by atoms with Crippen LogP contribution in [-0.2, 0) is 11.3 Å². The zero-order valence-corrected chi connectivity index (χ0v) is 18.6. The normalized spacial score (nSPS) is 17.7. The van der Waals surface area contributed by atoms with Crippen LogP contribution in [0.25, 0.3) is 0 Å². The fraction of sp³-hybridized carbons (Fsp3) is 0.600. The molecule has 1 saturated heterocycles. The van der Waals surface area contributed by atoms with Crippen LogP contribution in [-0.4, -0.2) is 50.8 Å². The first-order valence-corrected chi connectivity index (χ1v) is 9.76. The molecule has 0 atom stereocenters. The number of aromatic nitrogens is 1. The molecule has 6 nitrogen and oxygen atoms in total. The van der Waals surface area contributed by atoms with E-state index in [1.54, 1.807) is 5.57 Å². The van der Waals surface area contributed by atoms with E-state index in [0.717, 1.165) is 51.0 Å². The van der Waals surface area contributed by atoms with Crippen molar-refractivity contribution in [3.8, 4) is 0 Å². The predicted molar refractivity (Wildman–Crippen MR) is 122 cm³/mol. The molecule has 2 heterocycles. The van der Waals surface area contributed by atoms with Crippen molar-refractivity contribution in [1.29, 1.82) is 0 Å². The molecule has 27 heavy (non-hydrogen) atoms. The lowest BCUT2D eigenvalue weighted by Crippen LogP contribution is -2.39. The van der Waals surface area contributed by atoms with E-state index < -0.39 is 0 Å². The summed E-state index contributed by atoms with van der Waals surface area (Å²) in [5, 5.41) is 6.85. The molecule has 0 unspecified atom stereocenters. The van der Waals surface area contributed by atoms with Crippen LogP contribution in [0, 0.1) is 0 Å². The average molecular weight is 485 g/mol. The smallest absolute Gasteiger partial charge is 0.191 e. The van der Waals surface area contributed by atoms with Crippen LogP contribution in [0.4, 0.5) is 5.82 Å². The van der Waals surface area contributed by atoms with Gasteiger partial charge in [0.1, 0.15) is 5.82 Å². The Balaban J connectivity index is 0.00000261. The molecule has 7 heteroatoms. The number of aliphatic imine (C=N–C) groups is 1. The summed E-state index contributed by atoms with van der Waals surface area (Å²) in [5.74, 6) is 1.89. The molecular formula is C20H32IN5O. The Labute approximate surface area is 179 Å². The Bertz CT molecular complexity index is 629. The number of nitrogens with zero attached hydrogens (tertiary/aromatic N) is 3. The number of halogens is 1. The third kappa shape index (κ3) is 6.95. The van der Waals surface area contributed by atoms with Crippen molar-refractivity contribution in [2.24, 2.45) is 4.99 Å². The average Bonchev–Trinajstić information content (AvgIpc) is 2.72. The lowest BCUT2D eigenvalue weighted by molar-refractivity contribution is 0.122. The molecule has 2 N–H and O–H groups in total. The minimum Gasteiger partial charge on any atom is -0.378 e. The van der Waals surface area contributed by atoms with Crippen molar-refractivity contribution < 1.29 is 4.74 Å². The first-order valence-electron chi connectivity index (χ1n) is 9.76. The van der Waals surface area contributed by atoms with E-state index in [0.29, 0.717) is 6.54 Å². The second kappa shape index (κ2) is 12.2. The number of rotatable bonds is 6. The molecule has 1 aliphatic carbocycles. The van der Waals surface area contributed by atoms with Gasteiger partial charge in [0.2, 0.25) is 0 Å². The summed E-state index contributed by atoms with van der Waals surface area (Å²) >= 11 is 0. The molecular weight excluding hydrogens is 453 g/mol. The number of hydrogen-bond acceptors (Lipinski definition) is 4. The molecule has 0 radical (unpaired) electrons. The molecule has 3 rings (SSSR count). The van der Waals surface area contributed by atoms with Crippen LogP contribution in [0.1, 0.15) is 37.7 Å². The van der Waals surface area contributed by atoms with Gasteiger partial charge >= 0.3 is 0 Å². The Morgan fingerprint density at radius 3 is 2.85 bits per heavy atom. The summed E-state index contributed by atoms with van der Waals surface area (Å²) in [7, 11) is 1.82. The van der Waals surface area contributed by atoms with Gasteiger partial charge in [-0.05, 0) is 38.2 Å². The molecule has 1 fully saturated rings. The monoisotopic (exact) mass is 485 g/mol. The predicted octanol–water partition coefficient (Wildman–Crippen LogP) is 3.09. The molecule has 1 aliphatic heterocycles. The summed E-state index contributed by atoms with van der Waals surface area (Å²) in [4.78, 5) is 11.2. The van der Waals surface area contributed by atoms with Crippen molar-refractivity contribution in [2.75, 3.05) is 44.8 Å². The van der Waals surface area contributed by atoms with Crippen molar-refractivity contribution in [1.82, 2.24) is 15.6 Å². The SMILES string of the molecule is CN=C(NCCC1=CCCCC1)NCc1cccnc1N1CCOCC1.I. The summed E-state index contributed by atoms with van der Waals surface area (Å²) in [5.41, 5.74) is 2.77. The van der Waals surface area contributed by atoms with Gasteiger partial charge in [0.25, 0.3) is 0 Å². The molecule has 0 spiro atoms. The summed E-state index contributed by atoms with van der Waals surface area (Å²) < 4.78 is 5.45. The van der Waals surface area contributed by atoms with E-state index in [4.69, 9.17) is 4.74 Å². The lowest BCUT2D eigenvalue weighted by Gasteiger charge is -2.29. The highest BCUT2D eigenvalue weighted by Gasteiger charge is 2.15. The molecule has 0 aromatic carbocycles. The minimum absolute atomic E-state index is 0. The number of anilines is 1. The standard InChI is InChI=1S/C20H31N5O.HI/c1-21-20(23-11-9-17-6-3-2-4-7-17)24-16-18-8-5-10-22-19(18)25-12-14-26-15-13-25;/h5-6,8,10H,2-4,7,9,11-16H2,1H3,(H2,21,23,24);1H. The van der Waals surface area contributed by atoms with Gasteiger partial charge in [0.15, 0.2) is 5.96 Å². The maximum Gasteiger partial charge on any atom is 0.191 e. The van der Waals surface area contributed by atoms with Crippen LogP contribution in [0.15, 0.2) is 35.0 Å². The second-order valence-corrected chi connectivity index (χ2v) is 6.80. The summed E-state index contributed by atoms with van der Waals surface area (Å²) in [6.45, 7) is 4.96. The molecule has 1 aromatic heterocycles. The zero-order valence-electron chi connectivity index (χ0n) is 16.2. The van der Waals surface area contributed by atoms with Gasteiger partial charge in [0.05, 0.1) is 13.2 Å². The number of allylic oxidation sites excluding steroid dienone is 1. The van der Waals surface area contributed by atoms with E-state index in [9.17, 15) is 0 Å². The van der Waals surface area contributed by atoms with Crippen molar-refractivity contribution >= 4 is 35.8 Å². The largest absolute Gasteiger partial charge is 0.378 e. The highest BCUT2D eigenvalue weighted by atomic mass is 127. The van der Waals surface area contributed by atoms with Crippen LogP contribution < -0.4 is 15.5 Å². The highest BCUT2D eigenvalue weighted by molar-refractivity contribution is 14.0. The third-order valence-electron chi connectivity index (χ3n) is 4.97. The fourth-order valence-corrected chi connectivity index (χ4v) is 3.50. The van der Waals surface area contributed by atoms with Gasteiger partial charge in [-0.25, -0.2) is 4.98 Å². The van der Waals surface area contributed by atoms with E-state index in [1.807, 2.05) is 19.3 Å². The first kappa shape index (κ1) is 21.9.